The molecule has 0 heterocycles. The van der Waals surface area contributed by atoms with Crippen molar-refractivity contribution < 1.29 is 66.4 Å². The summed E-state index contributed by atoms with van der Waals surface area (Å²) in [7, 11) is 0. The zero-order chi connectivity index (χ0) is 38.0. The molecule has 53 heavy (non-hydrogen) atoms. The highest BCUT2D eigenvalue weighted by Crippen LogP contribution is 2.11. The Morgan fingerprint density at radius 3 is 1.02 bits per heavy atom. The summed E-state index contributed by atoms with van der Waals surface area (Å²) < 4.78 is 70.5. The van der Waals surface area contributed by atoms with Crippen LogP contribution in [0.2, 0.25) is 0 Å². The van der Waals surface area contributed by atoms with Crippen molar-refractivity contribution in [3.63, 3.8) is 0 Å². The molecular formula is C37H68N2O14. The van der Waals surface area contributed by atoms with Gasteiger partial charge in [-0.15, -0.1) is 0 Å². The van der Waals surface area contributed by atoms with E-state index in [-0.39, 0.29) is 12.6 Å². The van der Waals surface area contributed by atoms with Gasteiger partial charge in [-0.1, -0.05) is 13.3 Å². The Kier molecular flexibility index (Phi) is 38.0. The molecule has 1 aromatic carbocycles. The first-order valence-electron chi connectivity index (χ1n) is 18.9. The molecule has 310 valence electrons. The van der Waals surface area contributed by atoms with Crippen molar-refractivity contribution in [1.82, 2.24) is 0 Å². The Hall–Kier alpha value is -2.03. The third-order valence-corrected chi connectivity index (χ3v) is 6.80. The minimum Gasteiger partial charge on any atom is -0.460 e. The van der Waals surface area contributed by atoms with E-state index in [0.717, 1.165) is 25.1 Å². The zero-order valence-corrected chi connectivity index (χ0v) is 32.1. The number of unbranched alkanes of at least 4 members (excludes halogenated alkanes) is 1. The number of esters is 1. The van der Waals surface area contributed by atoms with Crippen LogP contribution in [-0.4, -0.2) is 184 Å². The van der Waals surface area contributed by atoms with Crippen LogP contribution in [-0.2, 0) is 61.6 Å². The number of carbonyl (C=O) groups excluding carboxylic acids is 1. The highest BCUT2D eigenvalue weighted by molar-refractivity contribution is 5.89. The van der Waals surface area contributed by atoms with E-state index in [0.29, 0.717) is 171 Å². The summed E-state index contributed by atoms with van der Waals surface area (Å²) in [5.41, 5.74) is 6.85. The topological polar surface area (TPSA) is 175 Å². The lowest BCUT2D eigenvalue weighted by Crippen LogP contribution is -2.16. The Balaban J connectivity index is 1.67. The summed E-state index contributed by atoms with van der Waals surface area (Å²) in [5.74, 6) is -0.363. The SMILES string of the molecule is CCCCNc1ccc(C(=O)OCCOCCOCCOCCOCCOCCOCCOCCOCCOCCOCCOCCOCCN)cc1. The number of carbonyl (C=O) groups is 1. The van der Waals surface area contributed by atoms with Crippen LogP contribution in [0.25, 0.3) is 0 Å². The normalized spacial score (nSPS) is 11.4. The van der Waals surface area contributed by atoms with Gasteiger partial charge in [-0.3, -0.25) is 0 Å². The maximum absolute atomic E-state index is 12.1. The molecule has 0 aliphatic rings. The lowest BCUT2D eigenvalue weighted by Gasteiger charge is -2.09. The van der Waals surface area contributed by atoms with Crippen LogP contribution in [0, 0.1) is 0 Å². The fraction of sp³-hybridized carbons (Fsp3) is 0.811. The average molecular weight is 765 g/mol. The van der Waals surface area contributed by atoms with Crippen LogP contribution in [0.1, 0.15) is 30.1 Å². The van der Waals surface area contributed by atoms with Gasteiger partial charge < -0.3 is 72.6 Å². The maximum Gasteiger partial charge on any atom is 0.338 e. The number of anilines is 1. The zero-order valence-electron chi connectivity index (χ0n) is 32.1. The minimum absolute atomic E-state index is 0.188. The van der Waals surface area contributed by atoms with Gasteiger partial charge in [-0.25, -0.2) is 4.79 Å². The summed E-state index contributed by atoms with van der Waals surface area (Å²) >= 11 is 0. The van der Waals surface area contributed by atoms with Crippen molar-refractivity contribution >= 4 is 11.7 Å². The minimum atomic E-state index is -0.363. The van der Waals surface area contributed by atoms with E-state index in [1.807, 2.05) is 12.1 Å². The number of nitrogens with two attached hydrogens (primary N) is 1. The molecule has 0 aliphatic carbocycles. The molecule has 0 saturated heterocycles. The van der Waals surface area contributed by atoms with Crippen molar-refractivity contribution in [2.45, 2.75) is 19.8 Å². The largest absolute Gasteiger partial charge is 0.460 e. The highest BCUT2D eigenvalue weighted by Gasteiger charge is 2.07. The fourth-order valence-corrected chi connectivity index (χ4v) is 4.01. The van der Waals surface area contributed by atoms with Crippen LogP contribution >= 0.6 is 0 Å². The average Bonchev–Trinajstić information content (AvgIpc) is 3.17. The molecule has 1 aromatic rings. The second-order valence-electron chi connectivity index (χ2n) is 11.1. The van der Waals surface area contributed by atoms with Crippen LogP contribution < -0.4 is 11.1 Å². The number of hydrogen-bond acceptors (Lipinski definition) is 16. The van der Waals surface area contributed by atoms with E-state index in [1.165, 1.54) is 0 Å². The Morgan fingerprint density at radius 1 is 0.453 bits per heavy atom. The van der Waals surface area contributed by atoms with Crippen LogP contribution in [0.15, 0.2) is 24.3 Å². The molecule has 0 aliphatic heterocycles. The molecule has 0 amide bonds. The maximum atomic E-state index is 12.1. The highest BCUT2D eigenvalue weighted by atomic mass is 16.6. The molecule has 0 fully saturated rings. The van der Waals surface area contributed by atoms with E-state index in [9.17, 15) is 4.79 Å². The van der Waals surface area contributed by atoms with E-state index in [1.54, 1.807) is 12.1 Å². The van der Waals surface area contributed by atoms with E-state index in [2.05, 4.69) is 12.2 Å². The van der Waals surface area contributed by atoms with Crippen molar-refractivity contribution in [3.05, 3.63) is 29.8 Å². The summed E-state index contributed by atoms with van der Waals surface area (Å²) in [6, 6.07) is 7.29. The van der Waals surface area contributed by atoms with Gasteiger partial charge in [0.2, 0.25) is 0 Å². The summed E-state index contributed by atoms with van der Waals surface area (Å²) in [5, 5.41) is 3.32. The predicted molar refractivity (Wildman–Crippen MR) is 199 cm³/mol. The molecule has 1 rings (SSSR count). The van der Waals surface area contributed by atoms with Crippen LogP contribution in [0.3, 0.4) is 0 Å². The van der Waals surface area contributed by atoms with Gasteiger partial charge in [-0.2, -0.15) is 0 Å². The molecule has 0 spiro atoms. The van der Waals surface area contributed by atoms with Gasteiger partial charge in [0.1, 0.15) is 6.61 Å². The lowest BCUT2D eigenvalue weighted by atomic mass is 10.2. The van der Waals surface area contributed by atoms with E-state index >= 15 is 0 Å². The molecule has 16 nitrogen and oxygen atoms in total. The third-order valence-electron chi connectivity index (χ3n) is 6.80. The van der Waals surface area contributed by atoms with Crippen molar-refractivity contribution in [2.24, 2.45) is 5.73 Å². The van der Waals surface area contributed by atoms with E-state index in [4.69, 9.17) is 67.3 Å². The summed E-state index contributed by atoms with van der Waals surface area (Å²) in [4.78, 5) is 12.1. The van der Waals surface area contributed by atoms with Gasteiger partial charge in [0.05, 0.1) is 164 Å². The number of hydrogen-bond donors (Lipinski definition) is 2. The second kappa shape index (κ2) is 41.1. The van der Waals surface area contributed by atoms with Gasteiger partial charge in [0.15, 0.2) is 0 Å². The Labute approximate surface area is 316 Å². The van der Waals surface area contributed by atoms with Gasteiger partial charge in [-0.05, 0) is 30.7 Å². The predicted octanol–water partition coefficient (Wildman–Crippen LogP) is 2.21. The molecule has 16 heteroatoms. The first kappa shape index (κ1) is 49.0. The molecule has 0 unspecified atom stereocenters. The third kappa shape index (κ3) is 35.4. The number of rotatable bonds is 43. The second-order valence-corrected chi connectivity index (χ2v) is 11.1. The number of ether oxygens (including phenoxy) is 13. The Bertz CT molecular complexity index is 888. The van der Waals surface area contributed by atoms with Gasteiger partial charge in [0.25, 0.3) is 0 Å². The molecule has 0 aromatic heterocycles. The molecule has 0 radical (unpaired) electrons. The molecule has 0 atom stereocenters. The first-order valence-corrected chi connectivity index (χ1v) is 18.9. The molecule has 3 N–H and O–H groups in total. The van der Waals surface area contributed by atoms with Gasteiger partial charge >= 0.3 is 5.97 Å². The fourth-order valence-electron chi connectivity index (χ4n) is 4.01. The number of benzene rings is 1. The van der Waals surface area contributed by atoms with E-state index < -0.39 is 0 Å². The first-order chi connectivity index (χ1) is 26.3. The molecule has 0 saturated carbocycles. The lowest BCUT2D eigenvalue weighted by molar-refractivity contribution is -0.0287. The van der Waals surface area contributed by atoms with Crippen LogP contribution in [0.4, 0.5) is 5.69 Å². The number of nitrogens with one attached hydrogen (secondary N) is 1. The van der Waals surface area contributed by atoms with Crippen LogP contribution in [0.5, 0.6) is 0 Å². The Morgan fingerprint density at radius 2 is 0.736 bits per heavy atom. The van der Waals surface area contributed by atoms with Gasteiger partial charge in [0, 0.05) is 18.8 Å². The summed E-state index contributed by atoms with van der Waals surface area (Å²) in [6.45, 7) is 15.5. The summed E-state index contributed by atoms with van der Waals surface area (Å²) in [6.07, 6.45) is 2.24. The van der Waals surface area contributed by atoms with Crippen molar-refractivity contribution in [3.8, 4) is 0 Å². The quantitative estimate of drug-likeness (QED) is 0.0731. The standard InChI is InChI=1S/C37H68N2O14/c1-2-3-9-39-36-6-4-35(5-7-36)37(40)53-34-33-52-32-31-51-30-29-50-28-27-49-26-25-48-24-23-47-22-21-46-20-19-45-18-17-44-16-15-43-14-13-42-12-11-41-10-8-38/h4-7,39H,2-3,8-34,38H2,1H3. The van der Waals surface area contributed by atoms with Crippen molar-refractivity contribution in [2.75, 3.05) is 184 Å². The molecular weight excluding hydrogens is 696 g/mol. The van der Waals surface area contributed by atoms with Crippen molar-refractivity contribution in [1.29, 1.82) is 0 Å². The smallest absolute Gasteiger partial charge is 0.338 e. The molecule has 0 bridgehead atoms. The monoisotopic (exact) mass is 764 g/mol.